The van der Waals surface area contributed by atoms with Gasteiger partial charge >= 0.3 is 12.1 Å². The zero-order valence-electron chi connectivity index (χ0n) is 20.7. The fourth-order valence-corrected chi connectivity index (χ4v) is 4.98. The first-order valence-corrected chi connectivity index (χ1v) is 12.8. The normalized spacial score (nSPS) is 19.3. The minimum atomic E-state index is -0.997. The molecule has 0 aromatic heterocycles. The van der Waals surface area contributed by atoms with Crippen LogP contribution in [0, 0.1) is 16.7 Å². The molecule has 5 amide bonds. The highest BCUT2D eigenvalue weighted by Crippen LogP contribution is 2.29. The number of nitrogens with zero attached hydrogens (tertiary/aromatic N) is 4. The van der Waals surface area contributed by atoms with Crippen LogP contribution in [0.2, 0.25) is 5.02 Å². The van der Waals surface area contributed by atoms with Crippen molar-refractivity contribution in [3.8, 4) is 0 Å². The highest BCUT2D eigenvalue weighted by atomic mass is 35.5. The number of carbonyl (C=O) groups excluding carboxylic acids is 3. The van der Waals surface area contributed by atoms with Gasteiger partial charge in [-0.2, -0.15) is 0 Å². The molecule has 1 heterocycles. The molecule has 4 rings (SSSR count). The van der Waals surface area contributed by atoms with Crippen molar-refractivity contribution >= 4 is 35.3 Å². The average molecular weight is 527 g/mol. The molecule has 10 nitrogen and oxygen atoms in total. The summed E-state index contributed by atoms with van der Waals surface area (Å²) in [6.07, 6.45) is 5.14. The number of hydrogen-bond donors (Lipinski definition) is 2. The number of amides is 5. The molecule has 0 bridgehead atoms. The van der Waals surface area contributed by atoms with Gasteiger partial charge in [0, 0.05) is 22.4 Å². The molecule has 2 atom stereocenters. The fourth-order valence-electron chi connectivity index (χ4n) is 4.86. The topological polar surface area (TPSA) is 128 Å². The van der Waals surface area contributed by atoms with Gasteiger partial charge < -0.3 is 5.32 Å². The summed E-state index contributed by atoms with van der Waals surface area (Å²) in [5.41, 5.74) is 2.70. The molecule has 3 N–H and O–H groups in total. The van der Waals surface area contributed by atoms with Crippen LogP contribution in [0.1, 0.15) is 43.7 Å². The Morgan fingerprint density at radius 2 is 1.68 bits per heavy atom. The Morgan fingerprint density at radius 1 is 1.05 bits per heavy atom. The molecule has 1 aliphatic heterocycles. The van der Waals surface area contributed by atoms with Crippen LogP contribution in [0.15, 0.2) is 53.7 Å². The maximum Gasteiger partial charge on any atom is 0.345 e. The molecule has 2 aromatic carbocycles. The molecule has 0 spiro atoms. The summed E-state index contributed by atoms with van der Waals surface area (Å²) < 4.78 is 0. The van der Waals surface area contributed by atoms with Crippen molar-refractivity contribution in [1.29, 1.82) is 0 Å². The van der Waals surface area contributed by atoms with Crippen molar-refractivity contribution in [2.75, 3.05) is 11.9 Å². The molecule has 2 aliphatic rings. The molecule has 1 unspecified atom stereocenters. The van der Waals surface area contributed by atoms with E-state index in [9.17, 15) is 19.3 Å². The number of nitrogens with two attached hydrogens (primary N) is 1. The van der Waals surface area contributed by atoms with Gasteiger partial charge in [0.25, 0.3) is 5.91 Å². The Morgan fingerprint density at radius 3 is 2.30 bits per heavy atom. The van der Waals surface area contributed by atoms with E-state index in [2.05, 4.69) is 10.5 Å². The van der Waals surface area contributed by atoms with Crippen molar-refractivity contribution < 1.29 is 14.4 Å². The SMILES string of the molecule is C[C@@H](CN1C(=O)N(N)C(Nc2ccc(CC3CCCC3)cc2)N(Cc2ccc(Cl)cc2)C1=O)C(=O)N=O. The van der Waals surface area contributed by atoms with Crippen LogP contribution in [0.5, 0.6) is 0 Å². The smallest absolute Gasteiger partial charge is 0.345 e. The van der Waals surface area contributed by atoms with E-state index in [4.69, 9.17) is 17.4 Å². The largest absolute Gasteiger partial charge is 0.347 e. The second-order valence-electron chi connectivity index (χ2n) is 9.74. The summed E-state index contributed by atoms with van der Waals surface area (Å²) in [6.45, 7) is 1.21. The Balaban J connectivity index is 1.56. The van der Waals surface area contributed by atoms with Crippen molar-refractivity contribution in [3.63, 3.8) is 0 Å². The highest BCUT2D eigenvalue weighted by molar-refractivity contribution is 6.30. The Labute approximate surface area is 220 Å². The number of imide groups is 1. The molecule has 0 radical (unpaired) electrons. The quantitative estimate of drug-likeness (QED) is 0.271. The molecule has 1 saturated heterocycles. The maximum absolute atomic E-state index is 13.5. The second kappa shape index (κ2) is 11.7. The summed E-state index contributed by atoms with van der Waals surface area (Å²) in [4.78, 5) is 51.2. The van der Waals surface area contributed by atoms with Crippen molar-refractivity contribution in [3.05, 3.63) is 69.6 Å². The van der Waals surface area contributed by atoms with Gasteiger partial charge in [-0.3, -0.25) is 9.69 Å². The number of anilines is 1. The molecule has 11 heteroatoms. The van der Waals surface area contributed by atoms with Gasteiger partial charge in [0.2, 0.25) is 6.29 Å². The van der Waals surface area contributed by atoms with Crippen molar-refractivity contribution in [2.24, 2.45) is 22.9 Å². The van der Waals surface area contributed by atoms with Crippen LogP contribution in [0.3, 0.4) is 0 Å². The summed E-state index contributed by atoms with van der Waals surface area (Å²) >= 11 is 6.01. The van der Waals surface area contributed by atoms with E-state index in [1.165, 1.54) is 43.1 Å². The number of halogens is 1. The lowest BCUT2D eigenvalue weighted by atomic mass is 9.98. The number of urea groups is 2. The number of hydrazine groups is 1. The molecule has 1 aliphatic carbocycles. The lowest BCUT2D eigenvalue weighted by Gasteiger charge is -2.45. The van der Waals surface area contributed by atoms with Gasteiger partial charge in [-0.15, -0.1) is 4.91 Å². The van der Waals surface area contributed by atoms with Gasteiger partial charge in [0.05, 0.1) is 12.5 Å². The third-order valence-electron chi connectivity index (χ3n) is 6.97. The average Bonchev–Trinajstić information content (AvgIpc) is 3.42. The standard InChI is InChI=1S/C26H31ClN6O4/c1-17(23(34)30-37)15-32-25(35)31(16-20-6-10-21(27)11-7-20)24(33(28)26(32)36)29-22-12-8-19(9-13-22)14-18-4-2-3-5-18/h6-13,17-18,24,29H,2-5,14-16,28H2,1H3/t17-,24?/m0/s1. The first kappa shape index (κ1) is 26.6. The van der Waals surface area contributed by atoms with Crippen LogP contribution < -0.4 is 11.2 Å². The number of rotatable bonds is 9. The highest BCUT2D eigenvalue weighted by Gasteiger charge is 2.44. The fraction of sp³-hybridized carbons (Fsp3) is 0.423. The van der Waals surface area contributed by atoms with E-state index in [0.29, 0.717) is 10.7 Å². The van der Waals surface area contributed by atoms with Gasteiger partial charge in [-0.05, 0) is 47.7 Å². The molecular formula is C26H31ClN6O4. The van der Waals surface area contributed by atoms with E-state index < -0.39 is 30.2 Å². The van der Waals surface area contributed by atoms with E-state index in [0.717, 1.165) is 27.8 Å². The van der Waals surface area contributed by atoms with Crippen LogP contribution in [0.4, 0.5) is 15.3 Å². The van der Waals surface area contributed by atoms with Crippen molar-refractivity contribution in [1.82, 2.24) is 14.8 Å². The Bertz CT molecular complexity index is 1140. The minimum Gasteiger partial charge on any atom is -0.347 e. The lowest BCUT2D eigenvalue weighted by Crippen LogP contribution is -2.70. The van der Waals surface area contributed by atoms with Gasteiger partial charge in [0.15, 0.2) is 0 Å². The maximum atomic E-state index is 13.5. The zero-order valence-corrected chi connectivity index (χ0v) is 21.4. The number of hydrogen-bond acceptors (Lipinski definition) is 6. The van der Waals surface area contributed by atoms with Gasteiger partial charge in [-0.1, -0.05) is 68.5 Å². The third kappa shape index (κ3) is 6.26. The molecule has 196 valence electrons. The summed E-state index contributed by atoms with van der Waals surface area (Å²) in [6, 6.07) is 13.4. The van der Waals surface area contributed by atoms with Crippen LogP contribution >= 0.6 is 11.6 Å². The van der Waals surface area contributed by atoms with Gasteiger partial charge in [0.1, 0.15) is 0 Å². The van der Waals surface area contributed by atoms with E-state index >= 15 is 0 Å². The minimum absolute atomic E-state index is 0.110. The summed E-state index contributed by atoms with van der Waals surface area (Å²) in [5, 5.41) is 7.07. The summed E-state index contributed by atoms with van der Waals surface area (Å²) in [5.74, 6) is 5.01. The monoisotopic (exact) mass is 526 g/mol. The molecule has 1 saturated carbocycles. The predicted octanol–water partition coefficient (Wildman–Crippen LogP) is 4.93. The van der Waals surface area contributed by atoms with E-state index in [1.54, 1.807) is 24.3 Å². The Kier molecular flexibility index (Phi) is 8.40. The number of carbonyl (C=O) groups is 3. The number of benzene rings is 2. The molecule has 2 aromatic rings. The first-order chi connectivity index (χ1) is 17.8. The first-order valence-electron chi connectivity index (χ1n) is 12.4. The van der Waals surface area contributed by atoms with Crippen LogP contribution in [-0.2, 0) is 17.8 Å². The molecular weight excluding hydrogens is 496 g/mol. The molecule has 37 heavy (non-hydrogen) atoms. The summed E-state index contributed by atoms with van der Waals surface area (Å²) in [7, 11) is 0. The second-order valence-corrected chi connectivity index (χ2v) is 10.2. The molecule has 2 fully saturated rings. The zero-order chi connectivity index (χ0) is 26.5. The predicted molar refractivity (Wildman–Crippen MR) is 140 cm³/mol. The third-order valence-corrected chi connectivity index (χ3v) is 7.22. The van der Waals surface area contributed by atoms with Crippen molar-refractivity contribution in [2.45, 2.75) is 51.9 Å². The lowest BCUT2D eigenvalue weighted by molar-refractivity contribution is -0.121. The van der Waals surface area contributed by atoms with Crippen LogP contribution in [0.25, 0.3) is 0 Å². The number of nitroso groups, excluding NO2 is 1. The van der Waals surface area contributed by atoms with Gasteiger partial charge in [-0.25, -0.2) is 25.3 Å². The van der Waals surface area contributed by atoms with E-state index in [1.807, 2.05) is 24.3 Å². The van der Waals surface area contributed by atoms with Crippen LogP contribution in [-0.4, -0.2) is 45.6 Å². The van der Waals surface area contributed by atoms with E-state index in [-0.39, 0.29) is 13.1 Å². The Hall–Kier alpha value is -3.50. The number of nitrogens with one attached hydrogen (secondary N) is 1.